The molecule has 0 unspecified atom stereocenters. The van der Waals surface area contributed by atoms with Crippen molar-refractivity contribution in [2.24, 2.45) is 5.92 Å². The molecule has 1 aliphatic rings. The number of nitrogens with one attached hydrogen (secondary N) is 1. The number of carbonyl (C=O) groups excluding carboxylic acids is 1. The van der Waals surface area contributed by atoms with Crippen LogP contribution in [0.25, 0.3) is 11.2 Å². The summed E-state index contributed by atoms with van der Waals surface area (Å²) in [5.41, 5.74) is 3.30. The predicted molar refractivity (Wildman–Crippen MR) is 122 cm³/mol. The minimum Gasteiger partial charge on any atom is -0.356 e. The highest BCUT2D eigenvalue weighted by molar-refractivity contribution is 5.79. The first-order valence-electron chi connectivity index (χ1n) is 11.0. The Morgan fingerprint density at radius 2 is 2.03 bits per heavy atom. The third-order valence-corrected chi connectivity index (χ3v) is 5.79. The Morgan fingerprint density at radius 3 is 2.81 bits per heavy atom. The zero-order chi connectivity index (χ0) is 21.8. The maximum Gasteiger partial charge on any atom is 0.295 e. The molecule has 2 aromatic heterocycles. The van der Waals surface area contributed by atoms with Gasteiger partial charge in [0.1, 0.15) is 5.52 Å². The zero-order valence-electron chi connectivity index (χ0n) is 18.2. The molecular weight excluding hydrogens is 390 g/mol. The van der Waals surface area contributed by atoms with E-state index in [1.165, 1.54) is 5.56 Å². The second-order valence-corrected chi connectivity index (χ2v) is 8.23. The molecule has 7 heteroatoms. The Labute approximate surface area is 182 Å². The van der Waals surface area contributed by atoms with E-state index < -0.39 is 0 Å². The number of fused-ring (bicyclic) bond motifs is 1. The molecule has 0 bridgehead atoms. The van der Waals surface area contributed by atoms with Gasteiger partial charge in [0.25, 0.3) is 5.56 Å². The van der Waals surface area contributed by atoms with Crippen LogP contribution in [0, 0.1) is 12.8 Å². The summed E-state index contributed by atoms with van der Waals surface area (Å²) in [7, 11) is 0. The molecule has 1 atom stereocenters. The lowest BCUT2D eigenvalue weighted by molar-refractivity contribution is -0.125. The number of pyridine rings is 1. The summed E-state index contributed by atoms with van der Waals surface area (Å²) in [4.78, 5) is 37.1. The van der Waals surface area contributed by atoms with Crippen molar-refractivity contribution < 1.29 is 4.79 Å². The molecule has 4 rings (SSSR count). The average Bonchev–Trinajstić information content (AvgIpc) is 2.80. The van der Waals surface area contributed by atoms with Crippen LogP contribution in [0.3, 0.4) is 0 Å². The summed E-state index contributed by atoms with van der Waals surface area (Å²) in [6.45, 7) is 6.41. The highest BCUT2D eigenvalue weighted by Gasteiger charge is 2.28. The molecule has 0 aliphatic carbocycles. The highest BCUT2D eigenvalue weighted by atomic mass is 16.2. The first-order chi connectivity index (χ1) is 15.1. The van der Waals surface area contributed by atoms with Gasteiger partial charge in [-0.25, -0.2) is 9.97 Å². The van der Waals surface area contributed by atoms with E-state index in [0.717, 1.165) is 31.4 Å². The number of amides is 1. The Bertz CT molecular complexity index is 1120. The van der Waals surface area contributed by atoms with Crippen LogP contribution >= 0.6 is 0 Å². The number of hydrogen-bond donors (Lipinski definition) is 1. The van der Waals surface area contributed by atoms with Crippen molar-refractivity contribution in [2.45, 2.75) is 39.7 Å². The lowest BCUT2D eigenvalue weighted by Gasteiger charge is -2.32. The van der Waals surface area contributed by atoms with Gasteiger partial charge in [-0.15, -0.1) is 0 Å². The van der Waals surface area contributed by atoms with Gasteiger partial charge in [-0.2, -0.15) is 0 Å². The minimum absolute atomic E-state index is 0.0639. The van der Waals surface area contributed by atoms with Crippen molar-refractivity contribution in [1.82, 2.24) is 19.9 Å². The van der Waals surface area contributed by atoms with E-state index in [1.807, 2.05) is 55.1 Å². The summed E-state index contributed by atoms with van der Waals surface area (Å²) in [6.07, 6.45) is 4.28. The predicted octanol–water partition coefficient (Wildman–Crippen LogP) is 2.89. The van der Waals surface area contributed by atoms with Gasteiger partial charge in [0.2, 0.25) is 5.91 Å². The van der Waals surface area contributed by atoms with Crippen LogP contribution in [0.4, 0.5) is 5.82 Å². The van der Waals surface area contributed by atoms with Crippen LogP contribution in [-0.2, 0) is 11.3 Å². The van der Waals surface area contributed by atoms with E-state index in [0.29, 0.717) is 36.6 Å². The van der Waals surface area contributed by atoms with Crippen LogP contribution in [-0.4, -0.2) is 40.1 Å². The Kier molecular flexibility index (Phi) is 6.30. The number of aromatic nitrogens is 3. The van der Waals surface area contributed by atoms with Gasteiger partial charge in [-0.1, -0.05) is 36.8 Å². The first-order valence-corrected chi connectivity index (χ1v) is 11.0. The zero-order valence-corrected chi connectivity index (χ0v) is 18.2. The quantitative estimate of drug-likeness (QED) is 0.665. The standard InChI is InChI=1S/C24H29N5O2/c1-3-12-26-23(30)19-6-5-14-28(16-19)22-24(31)29(15-18-10-8-17(2)9-11-18)21-20(27-22)7-4-13-25-21/h4,7-11,13,19H,3,5-6,12,14-16H2,1-2H3,(H,26,30)/t19-/m1/s1. The number of piperidine rings is 1. The van der Waals surface area contributed by atoms with Crippen LogP contribution in [0.2, 0.25) is 0 Å². The van der Waals surface area contributed by atoms with E-state index >= 15 is 0 Å². The highest BCUT2D eigenvalue weighted by Crippen LogP contribution is 2.22. The lowest BCUT2D eigenvalue weighted by atomic mass is 9.97. The van der Waals surface area contributed by atoms with Gasteiger partial charge in [-0.3, -0.25) is 14.2 Å². The van der Waals surface area contributed by atoms with Crippen molar-refractivity contribution >= 4 is 22.9 Å². The summed E-state index contributed by atoms with van der Waals surface area (Å²) in [5.74, 6) is 0.339. The smallest absolute Gasteiger partial charge is 0.295 e. The Hall–Kier alpha value is -3.22. The maximum atomic E-state index is 13.5. The molecule has 0 radical (unpaired) electrons. The fourth-order valence-electron chi connectivity index (χ4n) is 4.07. The van der Waals surface area contributed by atoms with Crippen molar-refractivity contribution in [1.29, 1.82) is 0 Å². The van der Waals surface area contributed by atoms with Crippen LogP contribution in [0.1, 0.15) is 37.3 Å². The minimum atomic E-state index is -0.165. The average molecular weight is 420 g/mol. The second-order valence-electron chi connectivity index (χ2n) is 8.23. The number of rotatable bonds is 6. The van der Waals surface area contributed by atoms with E-state index in [4.69, 9.17) is 0 Å². The first kappa shape index (κ1) is 21.0. The molecule has 7 nitrogen and oxygen atoms in total. The third kappa shape index (κ3) is 4.60. The van der Waals surface area contributed by atoms with Crippen LogP contribution in [0.15, 0.2) is 47.4 Å². The normalized spacial score (nSPS) is 16.5. The molecule has 1 fully saturated rings. The van der Waals surface area contributed by atoms with Crippen molar-refractivity contribution in [3.05, 3.63) is 64.1 Å². The SMILES string of the molecule is CCCNC(=O)[C@@H]1CCCN(c2nc3cccnc3n(Cc3ccc(C)cc3)c2=O)C1. The van der Waals surface area contributed by atoms with Crippen LogP contribution < -0.4 is 15.8 Å². The van der Waals surface area contributed by atoms with Crippen molar-refractivity contribution in [2.75, 3.05) is 24.5 Å². The van der Waals surface area contributed by atoms with Gasteiger partial charge < -0.3 is 10.2 Å². The van der Waals surface area contributed by atoms with E-state index in [2.05, 4.69) is 15.3 Å². The molecule has 3 heterocycles. The van der Waals surface area contributed by atoms with Gasteiger partial charge in [-0.05, 0) is 43.9 Å². The second kappa shape index (κ2) is 9.29. The monoisotopic (exact) mass is 419 g/mol. The number of anilines is 1. The maximum absolute atomic E-state index is 13.5. The molecule has 0 spiro atoms. The van der Waals surface area contributed by atoms with Crippen LogP contribution in [0.5, 0.6) is 0 Å². The van der Waals surface area contributed by atoms with Gasteiger partial charge in [0, 0.05) is 25.8 Å². The fraction of sp³-hybridized carbons (Fsp3) is 0.417. The van der Waals surface area contributed by atoms with Gasteiger partial charge >= 0.3 is 0 Å². The van der Waals surface area contributed by atoms with Crippen molar-refractivity contribution in [3.63, 3.8) is 0 Å². The van der Waals surface area contributed by atoms with Gasteiger partial charge in [0.05, 0.1) is 12.5 Å². The summed E-state index contributed by atoms with van der Waals surface area (Å²) in [6, 6.07) is 11.9. The molecule has 0 saturated carbocycles. The molecule has 1 aliphatic heterocycles. The summed E-state index contributed by atoms with van der Waals surface area (Å²) >= 11 is 0. The molecule has 162 valence electrons. The number of benzene rings is 1. The molecular formula is C24H29N5O2. The topological polar surface area (TPSA) is 80.1 Å². The third-order valence-electron chi connectivity index (χ3n) is 5.79. The van der Waals surface area contributed by atoms with Crippen molar-refractivity contribution in [3.8, 4) is 0 Å². The molecule has 31 heavy (non-hydrogen) atoms. The largest absolute Gasteiger partial charge is 0.356 e. The van der Waals surface area contributed by atoms with E-state index in [-0.39, 0.29) is 17.4 Å². The molecule has 1 aromatic carbocycles. The summed E-state index contributed by atoms with van der Waals surface area (Å²) < 4.78 is 1.70. The van der Waals surface area contributed by atoms with E-state index in [9.17, 15) is 9.59 Å². The number of aryl methyl sites for hydroxylation is 1. The number of hydrogen-bond acceptors (Lipinski definition) is 5. The molecule has 1 amide bonds. The molecule has 1 saturated heterocycles. The molecule has 3 aromatic rings. The molecule has 1 N–H and O–H groups in total. The number of nitrogens with zero attached hydrogens (tertiary/aromatic N) is 4. The fourth-order valence-corrected chi connectivity index (χ4v) is 4.07. The Morgan fingerprint density at radius 1 is 1.23 bits per heavy atom. The lowest BCUT2D eigenvalue weighted by Crippen LogP contribution is -2.45. The van der Waals surface area contributed by atoms with Gasteiger partial charge in [0.15, 0.2) is 11.5 Å². The Balaban J connectivity index is 1.69. The summed E-state index contributed by atoms with van der Waals surface area (Å²) in [5, 5.41) is 2.99. The van der Waals surface area contributed by atoms with E-state index in [1.54, 1.807) is 10.8 Å². The number of carbonyl (C=O) groups is 1.